The van der Waals surface area contributed by atoms with Crippen molar-refractivity contribution in [1.29, 1.82) is 0 Å². The third-order valence-electron chi connectivity index (χ3n) is 6.12. The van der Waals surface area contributed by atoms with E-state index in [1.54, 1.807) is 0 Å². The van der Waals surface area contributed by atoms with E-state index in [4.69, 9.17) is 4.84 Å². The second-order valence-electron chi connectivity index (χ2n) is 6.90. The molecule has 0 amide bonds. The Labute approximate surface area is 104 Å². The molecule has 96 valence electrons. The molecule has 4 rings (SSSR count). The lowest BCUT2D eigenvalue weighted by Gasteiger charge is -2.32. The SMILES string of the molecule is C1CCC(ONC2CC3CC2C2CCCC32)C1. The van der Waals surface area contributed by atoms with Gasteiger partial charge in [0.25, 0.3) is 0 Å². The average molecular weight is 235 g/mol. The molecule has 0 aliphatic heterocycles. The van der Waals surface area contributed by atoms with Crippen molar-refractivity contribution >= 4 is 0 Å². The van der Waals surface area contributed by atoms with Crippen molar-refractivity contribution in [2.45, 2.75) is 69.9 Å². The van der Waals surface area contributed by atoms with Gasteiger partial charge < -0.3 is 0 Å². The second kappa shape index (κ2) is 4.24. The lowest BCUT2D eigenvalue weighted by Crippen LogP contribution is -2.40. The van der Waals surface area contributed by atoms with Crippen molar-refractivity contribution in [1.82, 2.24) is 5.48 Å². The topological polar surface area (TPSA) is 21.3 Å². The van der Waals surface area contributed by atoms with Crippen molar-refractivity contribution < 1.29 is 4.84 Å². The fourth-order valence-electron chi connectivity index (χ4n) is 5.39. The predicted octanol–water partition coefficient (Wildman–Crippen LogP) is 3.27. The molecule has 1 N–H and O–H groups in total. The van der Waals surface area contributed by atoms with Gasteiger partial charge >= 0.3 is 0 Å². The van der Waals surface area contributed by atoms with Gasteiger partial charge in [0.1, 0.15) is 0 Å². The van der Waals surface area contributed by atoms with Gasteiger partial charge in [-0.05, 0) is 62.2 Å². The van der Waals surface area contributed by atoms with E-state index in [9.17, 15) is 0 Å². The zero-order valence-electron chi connectivity index (χ0n) is 10.7. The summed E-state index contributed by atoms with van der Waals surface area (Å²) in [6, 6.07) is 0.694. The van der Waals surface area contributed by atoms with Gasteiger partial charge in [-0.25, -0.2) is 0 Å². The highest BCUT2D eigenvalue weighted by atomic mass is 16.7. The number of rotatable bonds is 3. The summed E-state index contributed by atoms with van der Waals surface area (Å²) in [4.78, 5) is 5.94. The Kier molecular flexibility index (Phi) is 2.69. The maximum atomic E-state index is 5.94. The molecule has 17 heavy (non-hydrogen) atoms. The van der Waals surface area contributed by atoms with Gasteiger partial charge in [0, 0.05) is 6.04 Å². The van der Waals surface area contributed by atoms with Crippen LogP contribution in [0.5, 0.6) is 0 Å². The van der Waals surface area contributed by atoms with Crippen LogP contribution < -0.4 is 5.48 Å². The van der Waals surface area contributed by atoms with Crippen LogP contribution in [0.4, 0.5) is 0 Å². The summed E-state index contributed by atoms with van der Waals surface area (Å²) in [5, 5.41) is 0. The van der Waals surface area contributed by atoms with Gasteiger partial charge in [0.2, 0.25) is 0 Å². The number of hydrogen-bond donors (Lipinski definition) is 1. The Morgan fingerprint density at radius 2 is 1.59 bits per heavy atom. The number of nitrogens with one attached hydrogen (secondary N) is 1. The van der Waals surface area contributed by atoms with Crippen molar-refractivity contribution in [3.63, 3.8) is 0 Å². The van der Waals surface area contributed by atoms with Gasteiger partial charge in [-0.3, -0.25) is 4.84 Å². The third-order valence-corrected chi connectivity index (χ3v) is 6.12. The van der Waals surface area contributed by atoms with Gasteiger partial charge in [-0.1, -0.05) is 19.3 Å². The monoisotopic (exact) mass is 235 g/mol. The third kappa shape index (κ3) is 1.76. The fourth-order valence-corrected chi connectivity index (χ4v) is 5.39. The summed E-state index contributed by atoms with van der Waals surface area (Å²) in [6.07, 6.45) is 13.3. The van der Waals surface area contributed by atoms with Crippen LogP contribution in [0.15, 0.2) is 0 Å². The smallest absolute Gasteiger partial charge is 0.0790 e. The molecule has 4 fully saturated rings. The van der Waals surface area contributed by atoms with Crippen molar-refractivity contribution in [2.24, 2.45) is 23.7 Å². The molecule has 5 atom stereocenters. The fraction of sp³-hybridized carbons (Fsp3) is 1.00. The van der Waals surface area contributed by atoms with Gasteiger partial charge in [-0.15, -0.1) is 0 Å². The maximum absolute atomic E-state index is 5.94. The largest absolute Gasteiger partial charge is 0.298 e. The highest BCUT2D eigenvalue weighted by Gasteiger charge is 2.53. The number of fused-ring (bicyclic) bond motifs is 5. The van der Waals surface area contributed by atoms with Crippen LogP contribution in [0, 0.1) is 23.7 Å². The Bertz CT molecular complexity index is 287. The number of hydrogen-bond acceptors (Lipinski definition) is 2. The molecule has 4 aliphatic carbocycles. The van der Waals surface area contributed by atoms with Crippen molar-refractivity contribution in [3.05, 3.63) is 0 Å². The molecule has 4 aliphatic rings. The van der Waals surface area contributed by atoms with Crippen LogP contribution in [-0.2, 0) is 4.84 Å². The van der Waals surface area contributed by atoms with E-state index in [2.05, 4.69) is 5.48 Å². The molecular weight excluding hydrogens is 210 g/mol. The van der Waals surface area contributed by atoms with E-state index in [0.29, 0.717) is 12.1 Å². The molecule has 2 nitrogen and oxygen atoms in total. The normalized spacial score (nSPS) is 49.1. The average Bonchev–Trinajstić information content (AvgIpc) is 3.08. The lowest BCUT2D eigenvalue weighted by molar-refractivity contribution is -0.0565. The summed E-state index contributed by atoms with van der Waals surface area (Å²) < 4.78 is 0. The van der Waals surface area contributed by atoms with E-state index in [-0.39, 0.29) is 0 Å². The van der Waals surface area contributed by atoms with E-state index < -0.39 is 0 Å². The van der Waals surface area contributed by atoms with Gasteiger partial charge in [0.05, 0.1) is 6.10 Å². The number of hydroxylamine groups is 1. The van der Waals surface area contributed by atoms with Crippen LogP contribution >= 0.6 is 0 Å². The molecule has 0 heterocycles. The summed E-state index contributed by atoms with van der Waals surface area (Å²) in [5.74, 6) is 4.15. The first-order chi connectivity index (χ1) is 8.42. The molecule has 0 saturated heterocycles. The first kappa shape index (κ1) is 10.8. The molecule has 5 unspecified atom stereocenters. The summed E-state index contributed by atoms with van der Waals surface area (Å²) in [5.41, 5.74) is 3.47. The molecule has 2 bridgehead atoms. The van der Waals surface area contributed by atoms with E-state index in [1.165, 1.54) is 57.8 Å². The van der Waals surface area contributed by atoms with Crippen molar-refractivity contribution in [3.8, 4) is 0 Å². The van der Waals surface area contributed by atoms with Gasteiger partial charge in [-0.2, -0.15) is 5.48 Å². The standard InChI is InChI=1S/C15H25NO/c1-2-5-11(4-1)17-16-15-9-10-8-14(15)13-7-3-6-12(10)13/h10-16H,1-9H2. The van der Waals surface area contributed by atoms with E-state index in [1.807, 2.05) is 0 Å². The molecule has 0 spiro atoms. The molecule has 4 saturated carbocycles. The van der Waals surface area contributed by atoms with Crippen molar-refractivity contribution in [2.75, 3.05) is 0 Å². The zero-order chi connectivity index (χ0) is 11.2. The molecule has 2 heteroatoms. The minimum Gasteiger partial charge on any atom is -0.298 e. The Hall–Kier alpha value is -0.0800. The summed E-state index contributed by atoms with van der Waals surface area (Å²) in [6.45, 7) is 0. The van der Waals surface area contributed by atoms with Gasteiger partial charge in [0.15, 0.2) is 0 Å². The zero-order valence-corrected chi connectivity index (χ0v) is 10.7. The Balaban J connectivity index is 1.34. The van der Waals surface area contributed by atoms with Crippen LogP contribution in [-0.4, -0.2) is 12.1 Å². The predicted molar refractivity (Wildman–Crippen MR) is 67.3 cm³/mol. The molecule has 0 aromatic heterocycles. The van der Waals surface area contributed by atoms with Crippen LogP contribution in [0.25, 0.3) is 0 Å². The minimum absolute atomic E-state index is 0.522. The highest BCUT2D eigenvalue weighted by Crippen LogP contribution is 2.58. The maximum Gasteiger partial charge on any atom is 0.0790 e. The van der Waals surface area contributed by atoms with Crippen LogP contribution in [0.2, 0.25) is 0 Å². The Morgan fingerprint density at radius 1 is 0.765 bits per heavy atom. The summed E-state index contributed by atoms with van der Waals surface area (Å²) in [7, 11) is 0. The van der Waals surface area contributed by atoms with E-state index in [0.717, 1.165) is 23.7 Å². The second-order valence-corrected chi connectivity index (χ2v) is 6.90. The minimum atomic E-state index is 0.522. The molecular formula is C15H25NO. The Morgan fingerprint density at radius 3 is 2.47 bits per heavy atom. The molecule has 0 radical (unpaired) electrons. The first-order valence-electron chi connectivity index (χ1n) is 7.83. The summed E-state index contributed by atoms with van der Waals surface area (Å²) >= 11 is 0. The highest BCUT2D eigenvalue weighted by molar-refractivity contribution is 5.04. The lowest BCUT2D eigenvalue weighted by atomic mass is 9.79. The first-order valence-corrected chi connectivity index (χ1v) is 7.83. The molecule has 0 aromatic carbocycles. The van der Waals surface area contributed by atoms with Crippen LogP contribution in [0.3, 0.4) is 0 Å². The quantitative estimate of drug-likeness (QED) is 0.758. The van der Waals surface area contributed by atoms with E-state index >= 15 is 0 Å². The molecule has 0 aromatic rings. The van der Waals surface area contributed by atoms with Crippen LogP contribution in [0.1, 0.15) is 57.8 Å².